The topological polar surface area (TPSA) is 72.5 Å². The first-order chi connectivity index (χ1) is 13.3. The average molecular weight is 382 g/mol. The highest BCUT2D eigenvalue weighted by Crippen LogP contribution is 2.42. The monoisotopic (exact) mass is 381 g/mol. The van der Waals surface area contributed by atoms with E-state index in [-0.39, 0.29) is 23.4 Å². The molecule has 0 radical (unpaired) electrons. The van der Waals surface area contributed by atoms with Crippen LogP contribution in [-0.4, -0.2) is 17.5 Å². The van der Waals surface area contributed by atoms with E-state index in [2.05, 4.69) is 13.8 Å². The van der Waals surface area contributed by atoms with Crippen molar-refractivity contribution in [2.75, 3.05) is 12.3 Å². The lowest BCUT2D eigenvalue weighted by Gasteiger charge is -2.21. The van der Waals surface area contributed by atoms with Crippen molar-refractivity contribution in [2.45, 2.75) is 52.9 Å². The van der Waals surface area contributed by atoms with Crippen LogP contribution in [0.25, 0.3) is 6.08 Å². The summed E-state index contributed by atoms with van der Waals surface area (Å²) < 4.78 is 6.01. The van der Waals surface area contributed by atoms with E-state index in [0.29, 0.717) is 29.2 Å². The first kappa shape index (κ1) is 21.5. The molecule has 2 aromatic rings. The molecular weight excluding hydrogens is 350 g/mol. The highest BCUT2D eigenvalue weighted by Gasteiger charge is 2.21. The fourth-order valence-electron chi connectivity index (χ4n) is 3.01. The summed E-state index contributed by atoms with van der Waals surface area (Å²) in [7, 11) is 0. The number of anilines is 1. The molecule has 150 valence electrons. The zero-order chi connectivity index (χ0) is 20.8. The van der Waals surface area contributed by atoms with Gasteiger partial charge in [0.25, 0.3) is 0 Å². The minimum Gasteiger partial charge on any atom is -0.507 e. The van der Waals surface area contributed by atoms with E-state index in [4.69, 9.17) is 10.5 Å². The molecule has 0 aliphatic heterocycles. The summed E-state index contributed by atoms with van der Waals surface area (Å²) >= 11 is 0. The molecule has 0 aromatic heterocycles. The normalized spacial score (nSPS) is 11.5. The van der Waals surface area contributed by atoms with Crippen molar-refractivity contribution in [3.05, 3.63) is 58.7 Å². The van der Waals surface area contributed by atoms with Gasteiger partial charge in [0.1, 0.15) is 11.5 Å². The molecule has 4 nitrogen and oxygen atoms in total. The Morgan fingerprint density at radius 2 is 1.71 bits per heavy atom. The van der Waals surface area contributed by atoms with Gasteiger partial charge in [-0.1, -0.05) is 34.6 Å². The molecule has 4 heteroatoms. The number of hydrogen-bond acceptors (Lipinski definition) is 4. The number of rotatable bonds is 8. The van der Waals surface area contributed by atoms with Crippen molar-refractivity contribution in [3.8, 4) is 11.5 Å². The molecule has 0 amide bonds. The van der Waals surface area contributed by atoms with Gasteiger partial charge in [-0.2, -0.15) is 0 Å². The van der Waals surface area contributed by atoms with Gasteiger partial charge in [-0.25, -0.2) is 0 Å². The Hall–Kier alpha value is -2.75. The number of nitrogen functional groups attached to an aromatic ring is 1. The number of ether oxygens (including phenoxy) is 1. The van der Waals surface area contributed by atoms with Crippen molar-refractivity contribution in [1.82, 2.24) is 0 Å². The summed E-state index contributed by atoms with van der Waals surface area (Å²) in [6.45, 7) is 10.9. The Morgan fingerprint density at radius 1 is 1.11 bits per heavy atom. The molecule has 0 saturated carbocycles. The molecule has 2 aromatic carbocycles. The van der Waals surface area contributed by atoms with Gasteiger partial charge in [-0.3, -0.25) is 4.79 Å². The summed E-state index contributed by atoms with van der Waals surface area (Å²) in [6, 6.07) is 8.81. The second-order valence-corrected chi connectivity index (χ2v) is 7.62. The summed E-state index contributed by atoms with van der Waals surface area (Å²) in [6.07, 6.45) is 4.00. The van der Waals surface area contributed by atoms with E-state index in [1.165, 1.54) is 6.08 Å². The second-order valence-electron chi connectivity index (χ2n) is 7.62. The Balaban J connectivity index is 2.55. The summed E-state index contributed by atoms with van der Waals surface area (Å²) in [5.74, 6) is 1.05. The average Bonchev–Trinajstić information content (AvgIpc) is 2.65. The third-order valence-electron chi connectivity index (χ3n) is 4.64. The van der Waals surface area contributed by atoms with Crippen LogP contribution in [-0.2, 0) is 0 Å². The lowest BCUT2D eigenvalue weighted by Crippen LogP contribution is -2.05. The predicted molar refractivity (Wildman–Crippen MR) is 116 cm³/mol. The highest BCUT2D eigenvalue weighted by molar-refractivity contribution is 6.07. The molecule has 0 saturated heterocycles. The van der Waals surface area contributed by atoms with Crippen LogP contribution in [0.5, 0.6) is 11.5 Å². The van der Waals surface area contributed by atoms with Gasteiger partial charge in [0, 0.05) is 11.3 Å². The molecule has 0 unspecified atom stereocenters. The Morgan fingerprint density at radius 3 is 2.25 bits per heavy atom. The number of carbonyl (C=O) groups excluding carboxylic acids is 1. The van der Waals surface area contributed by atoms with Crippen LogP contribution in [0.3, 0.4) is 0 Å². The Labute approximate surface area is 168 Å². The van der Waals surface area contributed by atoms with Crippen LogP contribution in [0.15, 0.2) is 36.4 Å². The molecule has 0 atom stereocenters. The zero-order valence-corrected chi connectivity index (χ0v) is 17.5. The van der Waals surface area contributed by atoms with Crippen LogP contribution in [0.1, 0.15) is 79.9 Å². The van der Waals surface area contributed by atoms with E-state index in [1.807, 2.05) is 26.8 Å². The molecular formula is C24H31NO3. The van der Waals surface area contributed by atoms with Crippen molar-refractivity contribution in [2.24, 2.45) is 0 Å². The van der Waals surface area contributed by atoms with Gasteiger partial charge < -0.3 is 15.6 Å². The molecule has 3 N–H and O–H groups in total. The first-order valence-electron chi connectivity index (χ1n) is 9.86. The Kier molecular flexibility index (Phi) is 7.27. The van der Waals surface area contributed by atoms with E-state index in [9.17, 15) is 9.90 Å². The maximum Gasteiger partial charge on any atom is 0.185 e. The lowest BCUT2D eigenvalue weighted by molar-refractivity contribution is 0.104. The number of ketones is 1. The van der Waals surface area contributed by atoms with Gasteiger partial charge in [0.05, 0.1) is 12.2 Å². The van der Waals surface area contributed by atoms with Crippen molar-refractivity contribution < 1.29 is 14.6 Å². The number of aromatic hydroxyl groups is 1. The largest absolute Gasteiger partial charge is 0.507 e. The highest BCUT2D eigenvalue weighted by atomic mass is 16.5. The number of hydrogen-bond donors (Lipinski definition) is 2. The lowest BCUT2D eigenvalue weighted by atomic mass is 9.90. The minimum absolute atomic E-state index is 0.151. The number of phenolic OH excluding ortho intramolecular Hbond substituents is 1. The fraction of sp³-hybridized carbons (Fsp3) is 0.375. The maximum atomic E-state index is 12.6. The van der Waals surface area contributed by atoms with Crippen molar-refractivity contribution >= 4 is 17.5 Å². The van der Waals surface area contributed by atoms with Crippen LogP contribution < -0.4 is 10.5 Å². The SMILES string of the molecule is CCCOc1c(C(C)C)cc(C(C)C)c(O)c1C=CC(=O)c1ccc(N)cc1. The smallest absolute Gasteiger partial charge is 0.185 e. The molecule has 0 spiro atoms. The second kappa shape index (κ2) is 9.45. The summed E-state index contributed by atoms with van der Waals surface area (Å²) in [4.78, 5) is 12.6. The Bertz CT molecular complexity index is 849. The number of carbonyl (C=O) groups is 1. The van der Waals surface area contributed by atoms with Crippen LogP contribution in [0.4, 0.5) is 5.69 Å². The summed E-state index contributed by atoms with van der Waals surface area (Å²) in [5.41, 5.74) is 9.30. The van der Waals surface area contributed by atoms with Crippen LogP contribution in [0, 0.1) is 0 Å². The number of allylic oxidation sites excluding steroid dienone is 1. The number of nitrogens with two attached hydrogens (primary N) is 1. The van der Waals surface area contributed by atoms with E-state index < -0.39 is 0 Å². The van der Waals surface area contributed by atoms with Gasteiger partial charge in [-0.15, -0.1) is 0 Å². The van der Waals surface area contributed by atoms with Crippen LogP contribution in [0.2, 0.25) is 0 Å². The van der Waals surface area contributed by atoms with Gasteiger partial charge in [-0.05, 0) is 71.9 Å². The summed E-state index contributed by atoms with van der Waals surface area (Å²) in [5, 5.41) is 10.9. The van der Waals surface area contributed by atoms with E-state index >= 15 is 0 Å². The molecule has 28 heavy (non-hydrogen) atoms. The van der Waals surface area contributed by atoms with Crippen molar-refractivity contribution in [1.29, 1.82) is 0 Å². The molecule has 2 rings (SSSR count). The molecule has 0 fully saturated rings. The number of benzene rings is 2. The first-order valence-corrected chi connectivity index (χ1v) is 9.86. The van der Waals surface area contributed by atoms with Crippen molar-refractivity contribution in [3.63, 3.8) is 0 Å². The van der Waals surface area contributed by atoms with E-state index in [0.717, 1.165) is 17.5 Å². The molecule has 0 bridgehead atoms. The standard InChI is InChI=1S/C24H31NO3/c1-6-13-28-24-19(11-12-22(26)17-7-9-18(25)10-8-17)23(27)20(15(2)3)14-21(24)16(4)5/h7-12,14-16,27H,6,13,25H2,1-5H3. The van der Waals surface area contributed by atoms with Gasteiger partial charge in [0.2, 0.25) is 0 Å². The van der Waals surface area contributed by atoms with Gasteiger partial charge in [0.15, 0.2) is 5.78 Å². The fourth-order valence-corrected chi connectivity index (χ4v) is 3.01. The zero-order valence-electron chi connectivity index (χ0n) is 17.5. The van der Waals surface area contributed by atoms with E-state index in [1.54, 1.807) is 30.3 Å². The third-order valence-corrected chi connectivity index (χ3v) is 4.64. The molecule has 0 aliphatic carbocycles. The quantitative estimate of drug-likeness (QED) is 0.339. The van der Waals surface area contributed by atoms with Crippen LogP contribution >= 0.6 is 0 Å². The van der Waals surface area contributed by atoms with Gasteiger partial charge >= 0.3 is 0 Å². The maximum absolute atomic E-state index is 12.6. The minimum atomic E-state index is -0.151. The number of phenols is 1. The molecule has 0 heterocycles. The molecule has 0 aliphatic rings. The predicted octanol–water partition coefficient (Wildman–Crippen LogP) is 5.91. The third kappa shape index (κ3) is 4.94.